The van der Waals surface area contributed by atoms with Crippen LogP contribution in [0, 0.1) is 0 Å². The summed E-state index contributed by atoms with van der Waals surface area (Å²) in [5.41, 5.74) is 4.12. The molecule has 33 heavy (non-hydrogen) atoms. The number of anilines is 1. The number of Topliss-reactive ketones (excluding diaryl/α,β-unsaturated/α-hetero) is 1. The Hall–Kier alpha value is -3.74. The summed E-state index contributed by atoms with van der Waals surface area (Å²) in [6.45, 7) is 0. The van der Waals surface area contributed by atoms with Gasteiger partial charge in [0.2, 0.25) is 5.78 Å². The fourth-order valence-electron chi connectivity index (χ4n) is 4.80. The molecule has 2 heterocycles. The second kappa shape index (κ2) is 8.65. The monoisotopic (exact) mass is 445 g/mol. The lowest BCUT2D eigenvalue weighted by atomic mass is 9.85. The van der Waals surface area contributed by atoms with Crippen LogP contribution in [0.4, 0.5) is 10.5 Å². The topological polar surface area (TPSA) is 92.5 Å². The highest BCUT2D eigenvalue weighted by molar-refractivity contribution is 6.16. The highest BCUT2D eigenvalue weighted by Gasteiger charge is 2.30. The molecule has 1 aliphatic heterocycles. The Balaban J connectivity index is 1.56. The quantitative estimate of drug-likeness (QED) is 0.456. The van der Waals surface area contributed by atoms with E-state index in [0.717, 1.165) is 40.8 Å². The number of urea groups is 1. The Kier molecular flexibility index (Phi) is 5.54. The van der Waals surface area contributed by atoms with Crippen LogP contribution in [-0.4, -0.2) is 31.0 Å². The van der Waals surface area contributed by atoms with Crippen molar-refractivity contribution in [3.05, 3.63) is 59.0 Å². The number of hydrogen-bond acceptors (Lipinski definition) is 4. The minimum absolute atomic E-state index is 0.197. The Bertz CT molecular complexity index is 1270. The summed E-state index contributed by atoms with van der Waals surface area (Å²) in [6, 6.07) is 10.7. The van der Waals surface area contributed by atoms with Crippen molar-refractivity contribution in [3.8, 4) is 11.5 Å². The Labute approximate surface area is 192 Å². The average Bonchev–Trinajstić information content (AvgIpc) is 3.36. The molecular formula is C26H27N3O4. The smallest absolute Gasteiger partial charge is 0.318 e. The molecule has 0 saturated heterocycles. The van der Waals surface area contributed by atoms with Crippen molar-refractivity contribution >= 4 is 34.5 Å². The molecule has 2 aromatic carbocycles. The molecule has 0 spiro atoms. The first-order valence-corrected chi connectivity index (χ1v) is 11.3. The van der Waals surface area contributed by atoms with Crippen LogP contribution in [0.15, 0.2) is 42.2 Å². The number of ether oxygens (including phenoxy) is 2. The largest absolute Gasteiger partial charge is 0.497 e. The molecule has 5 rings (SSSR count). The first-order chi connectivity index (χ1) is 16.1. The molecule has 0 radical (unpaired) electrons. The average molecular weight is 446 g/mol. The van der Waals surface area contributed by atoms with E-state index in [9.17, 15) is 9.59 Å². The number of aromatic amines is 1. The molecule has 1 aliphatic carbocycles. The Morgan fingerprint density at radius 2 is 1.97 bits per heavy atom. The van der Waals surface area contributed by atoms with Gasteiger partial charge in [-0.2, -0.15) is 0 Å². The summed E-state index contributed by atoms with van der Waals surface area (Å²) in [5.74, 6) is 1.76. The zero-order valence-corrected chi connectivity index (χ0v) is 18.8. The summed E-state index contributed by atoms with van der Waals surface area (Å²) >= 11 is 0. The predicted octanol–water partition coefficient (Wildman–Crippen LogP) is 5.59. The van der Waals surface area contributed by atoms with Crippen LogP contribution in [0.1, 0.15) is 59.6 Å². The van der Waals surface area contributed by atoms with Gasteiger partial charge in [0.05, 0.1) is 12.7 Å². The van der Waals surface area contributed by atoms with Gasteiger partial charge in [-0.25, -0.2) is 4.79 Å². The maximum atomic E-state index is 13.2. The van der Waals surface area contributed by atoms with Crippen LogP contribution in [0.25, 0.3) is 17.0 Å². The summed E-state index contributed by atoms with van der Waals surface area (Å²) in [6.07, 6.45) is 7.80. The number of aromatic nitrogens is 1. The highest BCUT2D eigenvalue weighted by Crippen LogP contribution is 2.40. The Morgan fingerprint density at radius 3 is 2.73 bits per heavy atom. The Morgan fingerprint density at radius 1 is 1.15 bits per heavy atom. The van der Waals surface area contributed by atoms with Gasteiger partial charge in [-0.15, -0.1) is 0 Å². The van der Waals surface area contributed by atoms with Gasteiger partial charge in [-0.05, 0) is 61.2 Å². The summed E-state index contributed by atoms with van der Waals surface area (Å²) in [5, 5.41) is 6.21. The molecule has 1 aromatic heterocycles. The lowest BCUT2D eigenvalue weighted by molar-refractivity contribution is 0.101. The van der Waals surface area contributed by atoms with E-state index in [4.69, 9.17) is 9.47 Å². The normalized spacial score (nSPS) is 17.2. The van der Waals surface area contributed by atoms with Gasteiger partial charge in [-0.3, -0.25) is 4.79 Å². The maximum Gasteiger partial charge on any atom is 0.318 e. The van der Waals surface area contributed by atoms with Crippen LogP contribution in [0.5, 0.6) is 11.5 Å². The number of hydrogen-bond donors (Lipinski definition) is 3. The molecule has 1 saturated carbocycles. The molecule has 7 heteroatoms. The van der Waals surface area contributed by atoms with Gasteiger partial charge in [0.1, 0.15) is 11.5 Å². The van der Waals surface area contributed by atoms with Crippen molar-refractivity contribution in [2.45, 2.75) is 38.0 Å². The third-order valence-corrected chi connectivity index (χ3v) is 6.52. The van der Waals surface area contributed by atoms with E-state index >= 15 is 0 Å². The highest BCUT2D eigenvalue weighted by atomic mass is 16.5. The maximum absolute atomic E-state index is 13.2. The fourth-order valence-corrected chi connectivity index (χ4v) is 4.80. The number of amides is 2. The van der Waals surface area contributed by atoms with Gasteiger partial charge < -0.3 is 25.1 Å². The zero-order chi connectivity index (χ0) is 22.9. The lowest BCUT2D eigenvalue weighted by Gasteiger charge is -2.21. The molecule has 3 N–H and O–H groups in total. The number of H-pyrrole nitrogens is 1. The minimum Gasteiger partial charge on any atom is -0.497 e. The number of methoxy groups -OCH3 is 1. The van der Waals surface area contributed by atoms with Crippen molar-refractivity contribution < 1.29 is 19.1 Å². The number of ketones is 1. The number of rotatable bonds is 4. The van der Waals surface area contributed by atoms with Crippen LogP contribution >= 0.6 is 0 Å². The van der Waals surface area contributed by atoms with Crippen LogP contribution < -0.4 is 20.1 Å². The summed E-state index contributed by atoms with van der Waals surface area (Å²) < 4.78 is 11.4. The van der Waals surface area contributed by atoms with Crippen LogP contribution in [0.3, 0.4) is 0 Å². The number of allylic oxidation sites excluding steroid dienone is 1. The third kappa shape index (κ3) is 3.95. The molecule has 2 aliphatic rings. The van der Waals surface area contributed by atoms with E-state index < -0.39 is 0 Å². The van der Waals surface area contributed by atoms with Crippen LogP contribution in [0.2, 0.25) is 0 Å². The standard InChI is InChI=1S/C26H27N3O4/c1-27-26(31)28-16-8-11-22-20(12-16)25(30)23(33-22)14-19-18-13-17(32-2)9-10-21(18)29-24(19)15-6-4-3-5-7-15/h8-15,29H,3-7H2,1-2H3,(H2,27,28,31)/b23-14-. The lowest BCUT2D eigenvalue weighted by Crippen LogP contribution is -2.24. The molecule has 0 unspecified atom stereocenters. The van der Waals surface area contributed by atoms with Crippen molar-refractivity contribution in [2.75, 3.05) is 19.5 Å². The van der Waals surface area contributed by atoms with E-state index in [2.05, 4.69) is 15.6 Å². The molecule has 170 valence electrons. The van der Waals surface area contributed by atoms with Gasteiger partial charge in [-0.1, -0.05) is 19.3 Å². The van der Waals surface area contributed by atoms with Gasteiger partial charge in [0, 0.05) is 34.9 Å². The summed E-state index contributed by atoms with van der Waals surface area (Å²) in [4.78, 5) is 28.5. The molecule has 0 bridgehead atoms. The molecule has 0 atom stereocenters. The molecule has 2 amide bonds. The van der Waals surface area contributed by atoms with Crippen molar-refractivity contribution in [2.24, 2.45) is 0 Å². The number of carbonyl (C=O) groups is 2. The number of fused-ring (bicyclic) bond motifs is 2. The van der Waals surface area contributed by atoms with Crippen LogP contribution in [-0.2, 0) is 0 Å². The van der Waals surface area contributed by atoms with E-state index in [1.54, 1.807) is 25.3 Å². The predicted molar refractivity (Wildman–Crippen MR) is 128 cm³/mol. The number of carbonyl (C=O) groups excluding carboxylic acids is 2. The fraction of sp³-hybridized carbons (Fsp3) is 0.308. The minimum atomic E-state index is -0.345. The zero-order valence-electron chi connectivity index (χ0n) is 18.8. The van der Waals surface area contributed by atoms with Gasteiger partial charge in [0.25, 0.3) is 0 Å². The first kappa shape index (κ1) is 21.1. The van der Waals surface area contributed by atoms with E-state index in [1.807, 2.05) is 24.3 Å². The van der Waals surface area contributed by atoms with Gasteiger partial charge in [0.15, 0.2) is 5.76 Å². The second-order valence-electron chi connectivity index (χ2n) is 8.55. The van der Waals surface area contributed by atoms with E-state index in [1.165, 1.54) is 26.3 Å². The van der Waals surface area contributed by atoms with E-state index in [0.29, 0.717) is 22.9 Å². The number of benzene rings is 2. The molecule has 1 fully saturated rings. The van der Waals surface area contributed by atoms with Crippen molar-refractivity contribution in [1.29, 1.82) is 0 Å². The van der Waals surface area contributed by atoms with Crippen molar-refractivity contribution in [1.82, 2.24) is 10.3 Å². The molecular weight excluding hydrogens is 418 g/mol. The second-order valence-corrected chi connectivity index (χ2v) is 8.55. The number of nitrogens with one attached hydrogen (secondary N) is 3. The van der Waals surface area contributed by atoms with Crippen molar-refractivity contribution in [3.63, 3.8) is 0 Å². The van der Waals surface area contributed by atoms with E-state index in [-0.39, 0.29) is 17.6 Å². The molecule has 7 nitrogen and oxygen atoms in total. The first-order valence-electron chi connectivity index (χ1n) is 11.3. The molecule has 3 aromatic rings. The summed E-state index contributed by atoms with van der Waals surface area (Å²) in [7, 11) is 3.19. The van der Waals surface area contributed by atoms with Gasteiger partial charge >= 0.3 is 6.03 Å². The SMILES string of the molecule is CNC(=O)Nc1ccc2c(c1)C(=O)/C(=C/c1c(C3CCCCC3)[nH]c3ccc(OC)cc13)O2. The third-order valence-electron chi connectivity index (χ3n) is 6.52.